The van der Waals surface area contributed by atoms with E-state index in [4.69, 9.17) is 0 Å². The monoisotopic (exact) mass is 164 g/mol. The number of allylic oxidation sites excluding steroid dienone is 1. The first-order valence-corrected chi connectivity index (χ1v) is 3.06. The normalized spacial score (nSPS) is 18.5. The fourth-order valence-corrected chi connectivity index (χ4v) is 0.795. The molecule has 62 valence electrons. The van der Waals surface area contributed by atoms with E-state index in [1.54, 1.807) is 0 Å². The van der Waals surface area contributed by atoms with Crippen molar-refractivity contribution in [3.63, 3.8) is 0 Å². The molecule has 0 aliphatic carbocycles. The second-order valence-electron chi connectivity index (χ2n) is 2.21. The molecule has 1 N–H and O–H groups in total. The van der Waals surface area contributed by atoms with Gasteiger partial charge in [0, 0.05) is 0 Å². The summed E-state index contributed by atoms with van der Waals surface area (Å²) in [5.41, 5.74) is 1.61. The Kier molecular flexibility index (Phi) is 1.89. The maximum atomic E-state index is 12.0. The Labute approximate surface area is 61.8 Å². The number of nitrogens with one attached hydrogen (secondary N) is 1. The van der Waals surface area contributed by atoms with Crippen molar-refractivity contribution >= 4 is 5.71 Å². The van der Waals surface area contributed by atoms with Gasteiger partial charge in [0.05, 0.1) is 6.54 Å². The van der Waals surface area contributed by atoms with Gasteiger partial charge in [0.1, 0.15) is 0 Å². The number of halogens is 3. The lowest BCUT2D eigenvalue weighted by Gasteiger charge is -2.14. The summed E-state index contributed by atoms with van der Waals surface area (Å²) in [6, 6.07) is 0. The summed E-state index contributed by atoms with van der Waals surface area (Å²) in [5.74, 6) is 0. The van der Waals surface area contributed by atoms with E-state index in [1.165, 1.54) is 13.0 Å². The minimum absolute atomic E-state index is 0.177. The topological polar surface area (TPSA) is 24.4 Å². The Bertz CT molecular complexity index is 214. The van der Waals surface area contributed by atoms with E-state index in [2.05, 4.69) is 10.5 Å². The van der Waals surface area contributed by atoms with Gasteiger partial charge in [0.2, 0.25) is 0 Å². The van der Waals surface area contributed by atoms with Crippen molar-refractivity contribution in [1.29, 1.82) is 0 Å². The van der Waals surface area contributed by atoms with Crippen LogP contribution in [0.5, 0.6) is 0 Å². The third-order valence-corrected chi connectivity index (χ3v) is 1.33. The van der Waals surface area contributed by atoms with Gasteiger partial charge in [-0.15, -0.1) is 0 Å². The highest BCUT2D eigenvalue weighted by molar-refractivity contribution is 6.04. The average Bonchev–Trinajstić information content (AvgIpc) is 1.86. The van der Waals surface area contributed by atoms with E-state index in [0.717, 1.165) is 0 Å². The van der Waals surface area contributed by atoms with E-state index in [-0.39, 0.29) is 5.57 Å². The Hall–Kier alpha value is -1.00. The van der Waals surface area contributed by atoms with Crippen LogP contribution in [0.3, 0.4) is 0 Å². The van der Waals surface area contributed by atoms with Gasteiger partial charge in [0.15, 0.2) is 5.71 Å². The molecule has 0 spiro atoms. The van der Waals surface area contributed by atoms with Gasteiger partial charge < -0.3 is 5.43 Å². The molecule has 0 atom stereocenters. The fourth-order valence-electron chi connectivity index (χ4n) is 0.795. The Morgan fingerprint density at radius 3 is 2.55 bits per heavy atom. The molecular formula is C6H7F3N2. The summed E-state index contributed by atoms with van der Waals surface area (Å²) in [5, 5.41) is 3.16. The minimum atomic E-state index is -4.34. The van der Waals surface area contributed by atoms with Crippen LogP contribution in [0.4, 0.5) is 13.2 Å². The molecule has 1 aliphatic rings. The number of alkyl halides is 3. The molecule has 0 amide bonds. The predicted molar refractivity (Wildman–Crippen MR) is 35.2 cm³/mol. The van der Waals surface area contributed by atoms with Crippen LogP contribution in [0.2, 0.25) is 0 Å². The summed E-state index contributed by atoms with van der Waals surface area (Å²) in [6.45, 7) is 1.76. The molecule has 0 saturated heterocycles. The van der Waals surface area contributed by atoms with E-state index < -0.39 is 11.9 Å². The third-order valence-electron chi connectivity index (χ3n) is 1.33. The van der Waals surface area contributed by atoms with Crippen LogP contribution in [0, 0.1) is 0 Å². The average molecular weight is 164 g/mol. The highest BCUT2D eigenvalue weighted by Crippen LogP contribution is 2.22. The largest absolute Gasteiger partial charge is 0.435 e. The van der Waals surface area contributed by atoms with Crippen molar-refractivity contribution in [2.75, 3.05) is 6.54 Å². The van der Waals surface area contributed by atoms with Gasteiger partial charge in [-0.25, -0.2) is 0 Å². The molecule has 1 rings (SSSR count). The van der Waals surface area contributed by atoms with Gasteiger partial charge in [0.25, 0.3) is 0 Å². The summed E-state index contributed by atoms with van der Waals surface area (Å²) in [4.78, 5) is 0. The van der Waals surface area contributed by atoms with Gasteiger partial charge in [-0.1, -0.05) is 6.08 Å². The fraction of sp³-hybridized carbons (Fsp3) is 0.500. The number of nitrogens with zero attached hydrogens (tertiary/aromatic N) is 1. The standard InChI is InChI=1S/C6H7F3N2/c1-4-2-3-10-11-5(4)6(7,8)9/h2,10H,3H2,1H3. The molecule has 11 heavy (non-hydrogen) atoms. The number of hydrogen-bond acceptors (Lipinski definition) is 2. The lowest BCUT2D eigenvalue weighted by atomic mass is 10.1. The molecule has 0 unspecified atom stereocenters. The number of hydrazone groups is 1. The highest BCUT2D eigenvalue weighted by Gasteiger charge is 2.37. The first-order chi connectivity index (χ1) is 5.02. The Morgan fingerprint density at radius 1 is 1.55 bits per heavy atom. The number of hydrogen-bond donors (Lipinski definition) is 1. The van der Waals surface area contributed by atoms with Crippen molar-refractivity contribution < 1.29 is 13.2 Å². The van der Waals surface area contributed by atoms with Gasteiger partial charge in [-0.3, -0.25) is 0 Å². The second-order valence-corrected chi connectivity index (χ2v) is 2.21. The lowest BCUT2D eigenvalue weighted by molar-refractivity contribution is -0.0588. The van der Waals surface area contributed by atoms with Gasteiger partial charge >= 0.3 is 6.18 Å². The Balaban J connectivity index is 2.87. The summed E-state index contributed by atoms with van der Waals surface area (Å²) < 4.78 is 35.9. The smallest absolute Gasteiger partial charge is 0.306 e. The molecule has 0 radical (unpaired) electrons. The number of rotatable bonds is 0. The van der Waals surface area contributed by atoms with Crippen LogP contribution in [0.1, 0.15) is 6.92 Å². The van der Waals surface area contributed by atoms with Crippen molar-refractivity contribution in [1.82, 2.24) is 5.43 Å². The van der Waals surface area contributed by atoms with Crippen LogP contribution in [0.25, 0.3) is 0 Å². The first-order valence-electron chi connectivity index (χ1n) is 3.06. The highest BCUT2D eigenvalue weighted by atomic mass is 19.4. The zero-order valence-corrected chi connectivity index (χ0v) is 5.87. The first kappa shape index (κ1) is 8.10. The molecule has 1 heterocycles. The molecule has 0 aromatic heterocycles. The molecular weight excluding hydrogens is 157 g/mol. The van der Waals surface area contributed by atoms with E-state index in [0.29, 0.717) is 6.54 Å². The van der Waals surface area contributed by atoms with Crippen molar-refractivity contribution in [3.05, 3.63) is 11.6 Å². The molecule has 0 fully saturated rings. The van der Waals surface area contributed by atoms with Crippen LogP contribution in [-0.4, -0.2) is 18.4 Å². The van der Waals surface area contributed by atoms with Crippen LogP contribution in [-0.2, 0) is 0 Å². The van der Waals surface area contributed by atoms with Crippen LogP contribution >= 0.6 is 0 Å². The summed E-state index contributed by atoms with van der Waals surface area (Å²) in [6.07, 6.45) is -2.89. The van der Waals surface area contributed by atoms with Gasteiger partial charge in [-0.2, -0.15) is 18.3 Å². The van der Waals surface area contributed by atoms with Crippen molar-refractivity contribution in [2.24, 2.45) is 5.10 Å². The zero-order valence-electron chi connectivity index (χ0n) is 5.87. The quantitative estimate of drug-likeness (QED) is 0.575. The predicted octanol–water partition coefficient (Wildman–Crippen LogP) is 1.45. The van der Waals surface area contributed by atoms with Crippen molar-refractivity contribution in [2.45, 2.75) is 13.1 Å². The second kappa shape index (κ2) is 2.56. The van der Waals surface area contributed by atoms with Crippen LogP contribution < -0.4 is 5.43 Å². The summed E-state index contributed by atoms with van der Waals surface area (Å²) >= 11 is 0. The van der Waals surface area contributed by atoms with E-state index in [1.807, 2.05) is 0 Å². The van der Waals surface area contributed by atoms with Gasteiger partial charge in [-0.05, 0) is 12.5 Å². The zero-order chi connectivity index (χ0) is 8.48. The molecule has 1 aliphatic heterocycles. The molecule has 2 nitrogen and oxygen atoms in total. The third kappa shape index (κ3) is 1.72. The molecule has 0 saturated carbocycles. The molecule has 0 aromatic rings. The Morgan fingerprint density at radius 2 is 2.18 bits per heavy atom. The van der Waals surface area contributed by atoms with E-state index >= 15 is 0 Å². The van der Waals surface area contributed by atoms with E-state index in [9.17, 15) is 13.2 Å². The maximum absolute atomic E-state index is 12.0. The maximum Gasteiger partial charge on any atom is 0.435 e. The minimum Gasteiger partial charge on any atom is -0.306 e. The van der Waals surface area contributed by atoms with Crippen molar-refractivity contribution in [3.8, 4) is 0 Å². The summed E-state index contributed by atoms with van der Waals surface area (Å²) in [7, 11) is 0. The SMILES string of the molecule is CC1=CCNN=C1C(F)(F)F. The molecule has 5 heteroatoms. The lowest BCUT2D eigenvalue weighted by Crippen LogP contribution is -2.30. The molecule has 0 bridgehead atoms. The molecule has 0 aromatic carbocycles. The van der Waals surface area contributed by atoms with Crippen LogP contribution in [0.15, 0.2) is 16.8 Å².